The van der Waals surface area contributed by atoms with E-state index in [0.29, 0.717) is 18.0 Å². The molecule has 0 bridgehead atoms. The molecule has 0 radical (unpaired) electrons. The van der Waals surface area contributed by atoms with E-state index >= 15 is 0 Å². The molecule has 5 rings (SSSR count). The summed E-state index contributed by atoms with van der Waals surface area (Å²) in [6.07, 6.45) is 7.82. The number of hydrogen-bond acceptors (Lipinski definition) is 5. The highest BCUT2D eigenvalue weighted by Gasteiger charge is 2.56. The van der Waals surface area contributed by atoms with E-state index in [1.54, 1.807) is 41.2 Å². The van der Waals surface area contributed by atoms with Crippen LogP contribution in [-0.2, 0) is 28.7 Å². The molecule has 1 fully saturated rings. The van der Waals surface area contributed by atoms with Crippen molar-refractivity contribution in [1.82, 2.24) is 19.2 Å². The van der Waals surface area contributed by atoms with Gasteiger partial charge in [0.05, 0.1) is 10.4 Å². The van der Waals surface area contributed by atoms with Gasteiger partial charge in [0.25, 0.3) is 0 Å². The Morgan fingerprint density at radius 3 is 2.52 bits per heavy atom. The predicted molar refractivity (Wildman–Crippen MR) is 109 cm³/mol. The van der Waals surface area contributed by atoms with E-state index in [2.05, 4.69) is 14.9 Å². The van der Waals surface area contributed by atoms with E-state index in [0.717, 1.165) is 30.6 Å². The summed E-state index contributed by atoms with van der Waals surface area (Å²) in [4.78, 5) is 11.0. The first-order valence-corrected chi connectivity index (χ1v) is 11.2. The maximum atomic E-state index is 13.5. The Bertz CT molecular complexity index is 1120. The smallest absolute Gasteiger partial charge is 0.244 e. The van der Waals surface area contributed by atoms with Crippen molar-refractivity contribution in [2.75, 3.05) is 13.1 Å². The number of fused-ring (bicyclic) bond motifs is 2. The fourth-order valence-corrected chi connectivity index (χ4v) is 6.68. The van der Waals surface area contributed by atoms with E-state index in [-0.39, 0.29) is 0 Å². The van der Waals surface area contributed by atoms with Gasteiger partial charge in [0, 0.05) is 51.0 Å². The first-order valence-electron chi connectivity index (χ1n) is 9.72. The van der Waals surface area contributed by atoms with Crippen molar-refractivity contribution in [2.24, 2.45) is 0 Å². The van der Waals surface area contributed by atoms with Crippen molar-refractivity contribution in [1.29, 1.82) is 0 Å². The van der Waals surface area contributed by atoms with Crippen LogP contribution in [0.2, 0.25) is 0 Å². The fraction of sp³-hybridized carbons (Fsp3) is 0.273. The quantitative estimate of drug-likeness (QED) is 0.667. The Hall–Kier alpha value is -2.61. The van der Waals surface area contributed by atoms with Gasteiger partial charge in [-0.3, -0.25) is 14.9 Å². The summed E-state index contributed by atoms with van der Waals surface area (Å²) in [7, 11) is -3.56. The van der Waals surface area contributed by atoms with Crippen molar-refractivity contribution >= 4 is 10.0 Å². The zero-order chi connectivity index (χ0) is 19.9. The van der Waals surface area contributed by atoms with Crippen LogP contribution in [0.25, 0.3) is 0 Å². The molecule has 148 valence electrons. The van der Waals surface area contributed by atoms with Gasteiger partial charge in [-0.25, -0.2) is 8.42 Å². The van der Waals surface area contributed by atoms with Gasteiger partial charge in [0.2, 0.25) is 10.0 Å². The molecule has 2 aliphatic rings. The maximum absolute atomic E-state index is 13.5. The molecule has 3 aromatic rings. The topological polar surface area (TPSA) is 66.4 Å². The van der Waals surface area contributed by atoms with Crippen LogP contribution in [0, 0.1) is 0 Å². The minimum absolute atomic E-state index is 0.327. The van der Waals surface area contributed by atoms with Crippen LogP contribution >= 0.6 is 0 Å². The van der Waals surface area contributed by atoms with E-state index in [1.165, 1.54) is 5.56 Å². The molecule has 7 heteroatoms. The molecule has 0 saturated carbocycles. The SMILES string of the molecule is O=S1(=O)c2ccccc2C2(CCN(Cc3ccncc3)C2)N1Cc1cccnc1. The summed E-state index contributed by atoms with van der Waals surface area (Å²) >= 11 is 0. The minimum Gasteiger partial charge on any atom is -0.297 e. The number of benzene rings is 1. The zero-order valence-electron chi connectivity index (χ0n) is 16.0. The van der Waals surface area contributed by atoms with E-state index < -0.39 is 15.6 Å². The maximum Gasteiger partial charge on any atom is 0.244 e. The first-order chi connectivity index (χ1) is 14.1. The number of aromatic nitrogens is 2. The van der Waals surface area contributed by atoms with Crippen LogP contribution in [0.5, 0.6) is 0 Å². The van der Waals surface area contributed by atoms with Crippen molar-refractivity contribution in [2.45, 2.75) is 29.9 Å². The van der Waals surface area contributed by atoms with Gasteiger partial charge >= 0.3 is 0 Å². The Morgan fingerprint density at radius 2 is 1.72 bits per heavy atom. The van der Waals surface area contributed by atoms with E-state index in [4.69, 9.17) is 0 Å². The molecule has 0 amide bonds. The number of rotatable bonds is 4. The molecular formula is C22H22N4O2S. The Labute approximate surface area is 170 Å². The summed E-state index contributed by atoms with van der Waals surface area (Å²) in [6.45, 7) is 2.63. The van der Waals surface area contributed by atoms with Gasteiger partial charge in [0.15, 0.2) is 0 Å². The number of nitrogens with zero attached hydrogens (tertiary/aromatic N) is 4. The van der Waals surface area contributed by atoms with Crippen LogP contribution in [0.3, 0.4) is 0 Å². The molecule has 2 aromatic heterocycles. The molecule has 1 aromatic carbocycles. The molecular weight excluding hydrogens is 384 g/mol. The first kappa shape index (κ1) is 18.4. The highest BCUT2D eigenvalue weighted by Crippen LogP contribution is 2.50. The summed E-state index contributed by atoms with van der Waals surface area (Å²) in [5, 5.41) is 0. The van der Waals surface area contributed by atoms with Gasteiger partial charge in [-0.2, -0.15) is 4.31 Å². The normalized spacial score (nSPS) is 23.4. The molecule has 2 aliphatic heterocycles. The largest absolute Gasteiger partial charge is 0.297 e. The summed E-state index contributed by atoms with van der Waals surface area (Å²) in [5.41, 5.74) is 2.46. The average Bonchev–Trinajstić information content (AvgIpc) is 3.24. The van der Waals surface area contributed by atoms with Gasteiger partial charge in [-0.15, -0.1) is 0 Å². The van der Waals surface area contributed by atoms with Gasteiger partial charge < -0.3 is 0 Å². The summed E-state index contributed by atoms with van der Waals surface area (Å²) in [5.74, 6) is 0. The molecule has 6 nitrogen and oxygen atoms in total. The van der Waals surface area contributed by atoms with Gasteiger partial charge in [-0.05, 0) is 47.4 Å². The summed E-state index contributed by atoms with van der Waals surface area (Å²) in [6, 6.07) is 15.3. The third-order valence-corrected chi connectivity index (χ3v) is 7.94. The second kappa shape index (κ2) is 7.02. The van der Waals surface area contributed by atoms with Gasteiger partial charge in [0.1, 0.15) is 0 Å². The Kier molecular flexibility index (Phi) is 4.46. The molecule has 1 saturated heterocycles. The summed E-state index contributed by atoms with van der Waals surface area (Å²) < 4.78 is 28.7. The van der Waals surface area contributed by atoms with Crippen LogP contribution in [-0.4, -0.2) is 40.7 Å². The van der Waals surface area contributed by atoms with Crippen LogP contribution in [0.15, 0.2) is 78.2 Å². The second-order valence-electron chi connectivity index (χ2n) is 7.72. The monoisotopic (exact) mass is 406 g/mol. The van der Waals surface area contributed by atoms with Crippen LogP contribution in [0.1, 0.15) is 23.1 Å². The molecule has 1 unspecified atom stereocenters. The molecule has 1 atom stereocenters. The average molecular weight is 407 g/mol. The van der Waals surface area contributed by atoms with Crippen molar-refractivity contribution in [3.63, 3.8) is 0 Å². The third-order valence-electron chi connectivity index (χ3n) is 5.97. The lowest BCUT2D eigenvalue weighted by molar-refractivity contribution is 0.184. The fourth-order valence-electron chi connectivity index (χ4n) is 4.63. The number of pyridine rings is 2. The number of sulfonamides is 1. The standard InChI is InChI=1S/C22H22N4O2S/c27-29(28)21-6-2-1-5-20(21)22(26(29)16-19-4-3-10-24-14-19)9-13-25(17-22)15-18-7-11-23-12-8-18/h1-8,10-12,14H,9,13,15-17H2. The number of hydrogen-bond donors (Lipinski definition) is 0. The Balaban J connectivity index is 1.53. The van der Waals surface area contributed by atoms with E-state index in [9.17, 15) is 8.42 Å². The lowest BCUT2D eigenvalue weighted by atomic mass is 9.88. The third kappa shape index (κ3) is 3.06. The van der Waals surface area contributed by atoms with Crippen LogP contribution < -0.4 is 0 Å². The van der Waals surface area contributed by atoms with E-state index in [1.807, 2.05) is 36.4 Å². The molecule has 1 spiro atoms. The molecule has 0 N–H and O–H groups in total. The van der Waals surface area contributed by atoms with Crippen LogP contribution in [0.4, 0.5) is 0 Å². The second-order valence-corrected chi connectivity index (χ2v) is 9.55. The van der Waals surface area contributed by atoms with Gasteiger partial charge in [-0.1, -0.05) is 24.3 Å². The number of likely N-dealkylation sites (tertiary alicyclic amines) is 1. The van der Waals surface area contributed by atoms with Crippen molar-refractivity contribution in [3.05, 3.63) is 90.0 Å². The highest BCUT2D eigenvalue weighted by molar-refractivity contribution is 7.89. The lowest BCUT2D eigenvalue weighted by Gasteiger charge is -2.34. The predicted octanol–water partition coefficient (Wildman–Crippen LogP) is 2.78. The van der Waals surface area contributed by atoms with Crippen molar-refractivity contribution in [3.8, 4) is 0 Å². The molecule has 0 aliphatic carbocycles. The highest BCUT2D eigenvalue weighted by atomic mass is 32.2. The van der Waals surface area contributed by atoms with Crippen molar-refractivity contribution < 1.29 is 8.42 Å². The lowest BCUT2D eigenvalue weighted by Crippen LogP contribution is -2.45. The Morgan fingerprint density at radius 1 is 0.897 bits per heavy atom. The molecule has 29 heavy (non-hydrogen) atoms. The molecule has 4 heterocycles. The minimum atomic E-state index is -3.56. The zero-order valence-corrected chi connectivity index (χ0v) is 16.8.